The predicted molar refractivity (Wildman–Crippen MR) is 125 cm³/mol. The van der Waals surface area contributed by atoms with Gasteiger partial charge in [-0.05, 0) is 30.7 Å². The van der Waals surface area contributed by atoms with Gasteiger partial charge in [0, 0.05) is 11.8 Å². The number of hydrogen-bond acceptors (Lipinski definition) is 7. The zero-order valence-corrected chi connectivity index (χ0v) is 19.0. The number of furan rings is 1. The molecule has 0 aliphatic rings. The molecule has 0 spiro atoms. The van der Waals surface area contributed by atoms with Gasteiger partial charge in [0.05, 0.1) is 29.0 Å². The minimum Gasteiger partial charge on any atom is -0.469 e. The number of rotatable bonds is 8. The number of carbonyl (C=O) groups excluding carboxylic acids is 1. The van der Waals surface area contributed by atoms with Gasteiger partial charge in [0.1, 0.15) is 10.8 Å². The van der Waals surface area contributed by atoms with Crippen LogP contribution in [0.3, 0.4) is 0 Å². The zero-order valence-electron chi connectivity index (χ0n) is 17.4. The van der Waals surface area contributed by atoms with Gasteiger partial charge in [0.15, 0.2) is 11.0 Å². The highest BCUT2D eigenvalue weighted by Gasteiger charge is 2.19. The summed E-state index contributed by atoms with van der Waals surface area (Å²) in [4.78, 5) is 23.0. The Morgan fingerprint density at radius 3 is 2.70 bits per heavy atom. The number of nitro benzene ring substituents is 1. The number of nitrogens with zero attached hydrogens (tertiary/aromatic N) is 4. The van der Waals surface area contributed by atoms with E-state index < -0.39 is 4.92 Å². The van der Waals surface area contributed by atoms with E-state index in [0.29, 0.717) is 17.5 Å². The summed E-state index contributed by atoms with van der Waals surface area (Å²) in [6.45, 7) is 2.36. The normalized spacial score (nSPS) is 10.8. The first-order chi connectivity index (χ1) is 15.9. The summed E-state index contributed by atoms with van der Waals surface area (Å²) in [6.07, 6.45) is 1.60. The van der Waals surface area contributed by atoms with E-state index in [-0.39, 0.29) is 28.1 Å². The quantitative estimate of drug-likeness (QED) is 0.208. The van der Waals surface area contributed by atoms with Gasteiger partial charge in [-0.15, -0.1) is 10.2 Å². The Morgan fingerprint density at radius 1 is 1.21 bits per heavy atom. The summed E-state index contributed by atoms with van der Waals surface area (Å²) in [7, 11) is 0. The number of hydrogen-bond donors (Lipinski definition) is 1. The van der Waals surface area contributed by atoms with Gasteiger partial charge in [0.25, 0.3) is 5.69 Å². The summed E-state index contributed by atoms with van der Waals surface area (Å²) >= 11 is 7.04. The number of amides is 1. The smallest absolute Gasteiger partial charge is 0.289 e. The number of aryl methyl sites for hydroxylation is 1. The molecule has 2 aromatic carbocycles. The predicted octanol–water partition coefficient (Wildman–Crippen LogP) is 5.19. The Labute approximate surface area is 197 Å². The number of nitro groups is 1. The minimum atomic E-state index is -0.599. The molecule has 0 radical (unpaired) electrons. The van der Waals surface area contributed by atoms with Crippen molar-refractivity contribution in [1.82, 2.24) is 14.8 Å². The number of halogens is 1. The molecule has 0 aliphatic heterocycles. The van der Waals surface area contributed by atoms with Gasteiger partial charge in [-0.3, -0.25) is 19.5 Å². The molecule has 0 saturated carbocycles. The number of benzene rings is 2. The average Bonchev–Trinajstić information content (AvgIpc) is 3.39. The molecular formula is C22H18ClN5O4S. The van der Waals surface area contributed by atoms with Crippen molar-refractivity contribution in [2.24, 2.45) is 0 Å². The molecule has 168 valence electrons. The van der Waals surface area contributed by atoms with E-state index in [2.05, 4.69) is 15.5 Å². The maximum Gasteiger partial charge on any atom is 0.289 e. The topological polar surface area (TPSA) is 116 Å². The van der Waals surface area contributed by atoms with E-state index in [1.165, 1.54) is 30.0 Å². The van der Waals surface area contributed by atoms with Crippen molar-refractivity contribution >= 4 is 40.6 Å². The highest BCUT2D eigenvalue weighted by Crippen LogP contribution is 2.29. The molecule has 9 nitrogen and oxygen atoms in total. The molecule has 2 heterocycles. The summed E-state index contributed by atoms with van der Waals surface area (Å²) in [5, 5.41) is 22.9. The number of aromatic nitrogens is 3. The molecule has 1 amide bonds. The van der Waals surface area contributed by atoms with Crippen LogP contribution in [0.25, 0.3) is 11.4 Å². The fraction of sp³-hybridized carbons (Fsp3) is 0.136. The molecule has 4 aromatic rings. The third-order valence-electron chi connectivity index (χ3n) is 4.76. The second-order valence-corrected chi connectivity index (χ2v) is 8.38. The van der Waals surface area contributed by atoms with Crippen molar-refractivity contribution in [2.45, 2.75) is 18.6 Å². The fourth-order valence-electron chi connectivity index (χ4n) is 3.18. The summed E-state index contributed by atoms with van der Waals surface area (Å²) in [5.74, 6) is 1.05. The largest absolute Gasteiger partial charge is 0.469 e. The lowest BCUT2D eigenvalue weighted by molar-refractivity contribution is -0.384. The Balaban J connectivity index is 1.52. The highest BCUT2D eigenvalue weighted by atomic mass is 35.5. The molecular weight excluding hydrogens is 466 g/mol. The SMILES string of the molecule is Cc1occc1-c1nnc(SCC(=O)Nc2ccc(Cl)c([N+](=O)[O-])c2)n1Cc1ccccc1. The lowest BCUT2D eigenvalue weighted by atomic mass is 10.2. The van der Waals surface area contributed by atoms with E-state index in [9.17, 15) is 14.9 Å². The van der Waals surface area contributed by atoms with Crippen molar-refractivity contribution in [3.05, 3.63) is 87.3 Å². The lowest BCUT2D eigenvalue weighted by Gasteiger charge is -2.10. The van der Waals surface area contributed by atoms with Crippen LogP contribution in [-0.4, -0.2) is 31.3 Å². The Hall–Kier alpha value is -3.63. The molecule has 0 atom stereocenters. The summed E-state index contributed by atoms with van der Waals surface area (Å²) < 4.78 is 7.35. The molecule has 4 rings (SSSR count). The Bertz CT molecular complexity index is 1310. The van der Waals surface area contributed by atoms with Crippen molar-refractivity contribution in [3.63, 3.8) is 0 Å². The van der Waals surface area contributed by atoms with Crippen LogP contribution in [0.5, 0.6) is 0 Å². The molecule has 0 bridgehead atoms. The monoisotopic (exact) mass is 483 g/mol. The van der Waals surface area contributed by atoms with E-state index in [1.807, 2.05) is 47.9 Å². The van der Waals surface area contributed by atoms with Crippen LogP contribution in [0.2, 0.25) is 5.02 Å². The van der Waals surface area contributed by atoms with Crippen molar-refractivity contribution in [3.8, 4) is 11.4 Å². The third kappa shape index (κ3) is 5.24. The molecule has 0 fully saturated rings. The number of thioether (sulfide) groups is 1. The van der Waals surface area contributed by atoms with Crippen LogP contribution in [0, 0.1) is 17.0 Å². The second kappa shape index (κ2) is 9.88. The first kappa shape index (κ1) is 22.6. The number of anilines is 1. The highest BCUT2D eigenvalue weighted by molar-refractivity contribution is 7.99. The first-order valence-electron chi connectivity index (χ1n) is 9.80. The fourth-order valence-corrected chi connectivity index (χ4v) is 4.10. The van der Waals surface area contributed by atoms with E-state index in [0.717, 1.165) is 16.9 Å². The third-order valence-corrected chi connectivity index (χ3v) is 6.05. The Morgan fingerprint density at radius 2 is 2.00 bits per heavy atom. The molecule has 2 aromatic heterocycles. The minimum absolute atomic E-state index is 0.00320. The lowest BCUT2D eigenvalue weighted by Crippen LogP contribution is -2.15. The molecule has 11 heteroatoms. The average molecular weight is 484 g/mol. The molecule has 33 heavy (non-hydrogen) atoms. The van der Waals surface area contributed by atoms with E-state index >= 15 is 0 Å². The van der Waals surface area contributed by atoms with Crippen LogP contribution in [-0.2, 0) is 11.3 Å². The van der Waals surface area contributed by atoms with Crippen LogP contribution in [0.1, 0.15) is 11.3 Å². The van der Waals surface area contributed by atoms with Gasteiger partial charge in [-0.2, -0.15) is 0 Å². The van der Waals surface area contributed by atoms with Crippen LogP contribution in [0.4, 0.5) is 11.4 Å². The molecule has 0 unspecified atom stereocenters. The molecule has 0 aliphatic carbocycles. The van der Waals surface area contributed by atoms with Gasteiger partial charge in [-0.25, -0.2) is 0 Å². The Kier molecular flexibility index (Phi) is 6.76. The maximum absolute atomic E-state index is 12.5. The number of nitrogens with one attached hydrogen (secondary N) is 1. The summed E-state index contributed by atoms with van der Waals surface area (Å²) in [6, 6.07) is 15.8. The van der Waals surface area contributed by atoms with Gasteiger partial charge in [0.2, 0.25) is 5.91 Å². The van der Waals surface area contributed by atoms with E-state index in [1.54, 1.807) is 6.26 Å². The van der Waals surface area contributed by atoms with Gasteiger partial charge >= 0.3 is 0 Å². The zero-order chi connectivity index (χ0) is 23.4. The first-order valence-corrected chi connectivity index (χ1v) is 11.2. The molecule has 1 N–H and O–H groups in total. The van der Waals surface area contributed by atoms with Crippen molar-refractivity contribution in [2.75, 3.05) is 11.1 Å². The van der Waals surface area contributed by atoms with Crippen LogP contribution >= 0.6 is 23.4 Å². The number of carbonyl (C=O) groups is 1. The van der Waals surface area contributed by atoms with Gasteiger partial charge < -0.3 is 9.73 Å². The second-order valence-electron chi connectivity index (χ2n) is 7.03. The maximum atomic E-state index is 12.5. The van der Waals surface area contributed by atoms with Crippen molar-refractivity contribution < 1.29 is 14.1 Å². The van der Waals surface area contributed by atoms with Crippen LogP contribution < -0.4 is 5.32 Å². The standard InChI is InChI=1S/C22H18ClN5O4S/c1-14-17(9-10-32-14)21-25-26-22(27(21)12-15-5-3-2-4-6-15)33-13-20(29)24-16-7-8-18(23)19(11-16)28(30)31/h2-11H,12-13H2,1H3,(H,24,29). The van der Waals surface area contributed by atoms with Gasteiger partial charge in [-0.1, -0.05) is 53.7 Å². The van der Waals surface area contributed by atoms with Crippen LogP contribution in [0.15, 0.2) is 70.4 Å². The van der Waals surface area contributed by atoms with Crippen molar-refractivity contribution in [1.29, 1.82) is 0 Å². The summed E-state index contributed by atoms with van der Waals surface area (Å²) in [5.41, 5.74) is 1.89. The molecule has 0 saturated heterocycles. The van der Waals surface area contributed by atoms with E-state index in [4.69, 9.17) is 16.0 Å².